The molecular formula is C13H15N3OS. The van der Waals surface area contributed by atoms with Crippen LogP contribution in [0.25, 0.3) is 0 Å². The molecule has 1 heterocycles. The van der Waals surface area contributed by atoms with E-state index >= 15 is 0 Å². The van der Waals surface area contributed by atoms with Crippen molar-refractivity contribution in [3.63, 3.8) is 0 Å². The van der Waals surface area contributed by atoms with Crippen LogP contribution in [0.5, 0.6) is 0 Å². The molecule has 1 aromatic heterocycles. The lowest BCUT2D eigenvalue weighted by Gasteiger charge is -2.08. The SMILES string of the molecule is NCCc1ccccc1C(=O)NCc1nccs1. The van der Waals surface area contributed by atoms with E-state index in [0.717, 1.165) is 10.6 Å². The lowest BCUT2D eigenvalue weighted by atomic mass is 10.0. The molecule has 2 rings (SSSR count). The quantitative estimate of drug-likeness (QED) is 0.858. The van der Waals surface area contributed by atoms with Crippen molar-refractivity contribution in [1.82, 2.24) is 10.3 Å². The molecule has 0 radical (unpaired) electrons. The molecular weight excluding hydrogens is 246 g/mol. The number of carbonyl (C=O) groups is 1. The van der Waals surface area contributed by atoms with Gasteiger partial charge < -0.3 is 11.1 Å². The normalized spacial score (nSPS) is 10.3. The third kappa shape index (κ3) is 3.15. The number of nitrogens with zero attached hydrogens (tertiary/aromatic N) is 1. The zero-order valence-electron chi connectivity index (χ0n) is 9.93. The first-order chi connectivity index (χ1) is 8.81. The summed E-state index contributed by atoms with van der Waals surface area (Å²) in [4.78, 5) is 16.2. The Morgan fingerprint density at radius 3 is 2.94 bits per heavy atom. The number of hydrogen-bond donors (Lipinski definition) is 2. The second-order valence-corrected chi connectivity index (χ2v) is 4.78. The Morgan fingerprint density at radius 1 is 1.39 bits per heavy atom. The fraction of sp³-hybridized carbons (Fsp3) is 0.231. The van der Waals surface area contributed by atoms with E-state index in [9.17, 15) is 4.79 Å². The molecule has 0 bridgehead atoms. The van der Waals surface area contributed by atoms with Crippen molar-refractivity contribution >= 4 is 17.2 Å². The molecule has 4 nitrogen and oxygen atoms in total. The topological polar surface area (TPSA) is 68.0 Å². The molecule has 0 aliphatic carbocycles. The zero-order valence-corrected chi connectivity index (χ0v) is 10.7. The predicted octanol–water partition coefficient (Wildman–Crippen LogP) is 1.57. The first kappa shape index (κ1) is 12.7. The summed E-state index contributed by atoms with van der Waals surface area (Å²) >= 11 is 1.53. The van der Waals surface area contributed by atoms with Gasteiger partial charge in [-0.2, -0.15) is 0 Å². The number of carbonyl (C=O) groups excluding carboxylic acids is 1. The summed E-state index contributed by atoms with van der Waals surface area (Å²) in [7, 11) is 0. The fourth-order valence-corrected chi connectivity index (χ4v) is 2.26. The molecule has 1 amide bonds. The van der Waals surface area contributed by atoms with E-state index in [-0.39, 0.29) is 5.91 Å². The molecule has 0 aliphatic heterocycles. The van der Waals surface area contributed by atoms with Gasteiger partial charge >= 0.3 is 0 Å². The highest BCUT2D eigenvalue weighted by Gasteiger charge is 2.10. The van der Waals surface area contributed by atoms with Gasteiger partial charge in [0, 0.05) is 17.1 Å². The summed E-state index contributed by atoms with van der Waals surface area (Å²) in [5, 5.41) is 5.66. The Bertz CT molecular complexity index is 511. The van der Waals surface area contributed by atoms with E-state index in [1.54, 1.807) is 6.20 Å². The van der Waals surface area contributed by atoms with Crippen molar-refractivity contribution in [2.24, 2.45) is 5.73 Å². The Morgan fingerprint density at radius 2 is 2.22 bits per heavy atom. The van der Waals surface area contributed by atoms with Crippen LogP contribution in [0.4, 0.5) is 0 Å². The second kappa shape index (κ2) is 6.28. The molecule has 2 aromatic rings. The molecule has 0 saturated carbocycles. The van der Waals surface area contributed by atoms with Gasteiger partial charge in [0.05, 0.1) is 6.54 Å². The molecule has 18 heavy (non-hydrogen) atoms. The molecule has 0 saturated heterocycles. The van der Waals surface area contributed by atoms with Gasteiger partial charge in [-0.05, 0) is 24.6 Å². The van der Waals surface area contributed by atoms with Gasteiger partial charge in [-0.1, -0.05) is 18.2 Å². The molecule has 1 aromatic carbocycles. The molecule has 5 heteroatoms. The Kier molecular flexibility index (Phi) is 4.44. The summed E-state index contributed by atoms with van der Waals surface area (Å²) in [6.07, 6.45) is 2.44. The van der Waals surface area contributed by atoms with Crippen LogP contribution in [-0.4, -0.2) is 17.4 Å². The van der Waals surface area contributed by atoms with Gasteiger partial charge in [0.1, 0.15) is 5.01 Å². The monoisotopic (exact) mass is 261 g/mol. The molecule has 3 N–H and O–H groups in total. The van der Waals surface area contributed by atoms with Crippen molar-refractivity contribution in [3.8, 4) is 0 Å². The van der Waals surface area contributed by atoms with Crippen molar-refractivity contribution in [2.45, 2.75) is 13.0 Å². The lowest BCUT2D eigenvalue weighted by molar-refractivity contribution is 0.0950. The van der Waals surface area contributed by atoms with Gasteiger partial charge in [0.25, 0.3) is 5.91 Å². The fourth-order valence-electron chi connectivity index (χ4n) is 1.71. The molecule has 0 aliphatic rings. The molecule has 0 fully saturated rings. The van der Waals surface area contributed by atoms with E-state index in [1.807, 2.05) is 29.6 Å². The Labute approximate surface area is 110 Å². The number of nitrogens with two attached hydrogens (primary N) is 1. The number of amides is 1. The number of rotatable bonds is 5. The average Bonchev–Trinajstić information content (AvgIpc) is 2.90. The third-order valence-electron chi connectivity index (χ3n) is 2.56. The number of thiazole rings is 1. The van der Waals surface area contributed by atoms with E-state index < -0.39 is 0 Å². The standard InChI is InChI=1S/C13H15N3OS/c14-6-5-10-3-1-2-4-11(10)13(17)16-9-12-15-7-8-18-12/h1-4,7-8H,5-6,9,14H2,(H,16,17). The Balaban J connectivity index is 2.04. The van der Waals surface area contributed by atoms with E-state index in [0.29, 0.717) is 25.1 Å². The van der Waals surface area contributed by atoms with E-state index in [1.165, 1.54) is 11.3 Å². The molecule has 0 spiro atoms. The number of nitrogens with one attached hydrogen (secondary N) is 1. The van der Waals surface area contributed by atoms with Crippen molar-refractivity contribution in [2.75, 3.05) is 6.54 Å². The van der Waals surface area contributed by atoms with Gasteiger partial charge in [-0.3, -0.25) is 4.79 Å². The first-order valence-electron chi connectivity index (χ1n) is 5.76. The minimum Gasteiger partial charge on any atom is -0.346 e. The minimum atomic E-state index is -0.0748. The largest absolute Gasteiger partial charge is 0.346 e. The smallest absolute Gasteiger partial charge is 0.251 e. The van der Waals surface area contributed by atoms with Gasteiger partial charge in [0.2, 0.25) is 0 Å². The third-order valence-corrected chi connectivity index (χ3v) is 3.34. The van der Waals surface area contributed by atoms with Crippen LogP contribution in [0.1, 0.15) is 20.9 Å². The average molecular weight is 261 g/mol. The minimum absolute atomic E-state index is 0.0748. The number of aromatic nitrogens is 1. The maximum absolute atomic E-state index is 12.1. The van der Waals surface area contributed by atoms with Crippen LogP contribution in [-0.2, 0) is 13.0 Å². The Hall–Kier alpha value is -1.72. The first-order valence-corrected chi connectivity index (χ1v) is 6.64. The number of benzene rings is 1. The maximum Gasteiger partial charge on any atom is 0.251 e. The highest BCUT2D eigenvalue weighted by Crippen LogP contribution is 2.10. The molecule has 0 atom stereocenters. The number of hydrogen-bond acceptors (Lipinski definition) is 4. The summed E-state index contributed by atoms with van der Waals surface area (Å²) in [5.41, 5.74) is 7.22. The maximum atomic E-state index is 12.1. The second-order valence-electron chi connectivity index (χ2n) is 3.80. The highest BCUT2D eigenvalue weighted by molar-refractivity contribution is 7.09. The van der Waals surface area contributed by atoms with E-state index in [4.69, 9.17) is 5.73 Å². The highest BCUT2D eigenvalue weighted by atomic mass is 32.1. The van der Waals surface area contributed by atoms with Crippen LogP contribution in [0, 0.1) is 0 Å². The zero-order chi connectivity index (χ0) is 12.8. The summed E-state index contributed by atoms with van der Waals surface area (Å²) < 4.78 is 0. The molecule has 0 unspecified atom stereocenters. The molecule has 94 valence electrons. The van der Waals surface area contributed by atoms with Gasteiger partial charge in [-0.25, -0.2) is 4.98 Å². The van der Waals surface area contributed by atoms with Crippen LogP contribution < -0.4 is 11.1 Å². The summed E-state index contributed by atoms with van der Waals surface area (Å²) in [5.74, 6) is -0.0748. The lowest BCUT2D eigenvalue weighted by Crippen LogP contribution is -2.24. The van der Waals surface area contributed by atoms with Crippen molar-refractivity contribution < 1.29 is 4.79 Å². The van der Waals surface area contributed by atoms with Gasteiger partial charge in [0.15, 0.2) is 0 Å². The van der Waals surface area contributed by atoms with Crippen LogP contribution >= 0.6 is 11.3 Å². The van der Waals surface area contributed by atoms with Crippen molar-refractivity contribution in [3.05, 3.63) is 52.0 Å². The van der Waals surface area contributed by atoms with E-state index in [2.05, 4.69) is 10.3 Å². The predicted molar refractivity (Wildman–Crippen MR) is 72.5 cm³/mol. The van der Waals surface area contributed by atoms with Crippen LogP contribution in [0.3, 0.4) is 0 Å². The van der Waals surface area contributed by atoms with Crippen LogP contribution in [0.15, 0.2) is 35.8 Å². The van der Waals surface area contributed by atoms with Crippen molar-refractivity contribution in [1.29, 1.82) is 0 Å². The summed E-state index contributed by atoms with van der Waals surface area (Å²) in [6, 6.07) is 7.54. The summed E-state index contributed by atoms with van der Waals surface area (Å²) in [6.45, 7) is 1.00. The van der Waals surface area contributed by atoms with Crippen LogP contribution in [0.2, 0.25) is 0 Å². The van der Waals surface area contributed by atoms with Gasteiger partial charge in [-0.15, -0.1) is 11.3 Å².